The summed E-state index contributed by atoms with van der Waals surface area (Å²) in [5.74, 6) is 0. The number of rotatable bonds is 3. The van der Waals surface area contributed by atoms with Crippen LogP contribution in [0.1, 0.15) is 1.37 Å². The van der Waals surface area contributed by atoms with Gasteiger partial charge in [0.1, 0.15) is 0 Å². The first-order valence-electron chi connectivity index (χ1n) is 4.77. The van der Waals surface area contributed by atoms with Crippen LogP contribution in [0.3, 0.4) is 0 Å². The van der Waals surface area contributed by atoms with Crippen molar-refractivity contribution in [3.63, 3.8) is 0 Å². The molecule has 0 fully saturated rings. The molecule has 16 heavy (non-hydrogen) atoms. The molecule has 84 valence electrons. The molecular weight excluding hydrogens is 246 g/mol. The van der Waals surface area contributed by atoms with E-state index in [2.05, 4.69) is 10.3 Å². The summed E-state index contributed by atoms with van der Waals surface area (Å²) in [5, 5.41) is 10.1. The first kappa shape index (κ1) is 9.76. The zero-order valence-electron chi connectivity index (χ0n) is 9.04. The highest BCUT2D eigenvalue weighted by Crippen LogP contribution is 2.19. The number of hydrogen-bond donors (Lipinski definition) is 2. The average molecular weight is 256 g/mol. The van der Waals surface area contributed by atoms with Gasteiger partial charge in [-0.25, -0.2) is 18.5 Å². The molecule has 5 nitrogen and oxygen atoms in total. The molecule has 1 heterocycles. The molecule has 0 bridgehead atoms. The van der Waals surface area contributed by atoms with Gasteiger partial charge in [-0.3, -0.25) is 0 Å². The van der Waals surface area contributed by atoms with Gasteiger partial charge in [-0.1, -0.05) is 0 Å². The van der Waals surface area contributed by atoms with Gasteiger partial charge in [0, 0.05) is 17.2 Å². The maximum atomic E-state index is 11.0. The molecule has 0 aliphatic carbocycles. The number of hydrogen-bond acceptors (Lipinski definition) is 5. The summed E-state index contributed by atoms with van der Waals surface area (Å²) in [6.07, 6.45) is 0.193. The lowest BCUT2D eigenvalue weighted by Crippen LogP contribution is -2.11. The summed E-state index contributed by atoms with van der Waals surface area (Å²) in [6, 6.07) is 6.00. The Balaban J connectivity index is 2.19. The van der Waals surface area contributed by atoms with Crippen LogP contribution in [0.4, 0.5) is 10.8 Å². The molecule has 0 aliphatic heterocycles. The van der Waals surface area contributed by atoms with E-state index in [0.29, 0.717) is 10.8 Å². The SMILES string of the molecule is [2H]c1csc(Nc2ccc(S(N)(=O)=O)cc2)n1. The molecule has 0 atom stereocenters. The van der Waals surface area contributed by atoms with E-state index in [4.69, 9.17) is 6.51 Å². The molecule has 0 saturated carbocycles. The van der Waals surface area contributed by atoms with E-state index in [0.717, 1.165) is 0 Å². The van der Waals surface area contributed by atoms with Crippen molar-refractivity contribution in [1.82, 2.24) is 4.98 Å². The highest BCUT2D eigenvalue weighted by molar-refractivity contribution is 7.89. The molecule has 0 amide bonds. The largest absolute Gasteiger partial charge is 0.332 e. The molecule has 0 spiro atoms. The number of anilines is 2. The fourth-order valence-corrected chi connectivity index (χ4v) is 2.12. The summed E-state index contributed by atoms with van der Waals surface area (Å²) in [4.78, 5) is 3.97. The van der Waals surface area contributed by atoms with E-state index >= 15 is 0 Å². The van der Waals surface area contributed by atoms with Crippen molar-refractivity contribution in [1.29, 1.82) is 0 Å². The number of nitrogens with two attached hydrogens (primary N) is 1. The summed E-state index contributed by atoms with van der Waals surface area (Å²) in [7, 11) is -3.66. The van der Waals surface area contributed by atoms with Crippen LogP contribution in [-0.4, -0.2) is 13.4 Å². The minimum Gasteiger partial charge on any atom is -0.332 e. The molecule has 0 aliphatic rings. The Kier molecular flexibility index (Phi) is 2.56. The lowest BCUT2D eigenvalue weighted by Gasteiger charge is -2.03. The Morgan fingerprint density at radius 3 is 2.56 bits per heavy atom. The van der Waals surface area contributed by atoms with Crippen LogP contribution in [0.15, 0.2) is 40.7 Å². The van der Waals surface area contributed by atoms with Crippen molar-refractivity contribution in [2.75, 3.05) is 5.32 Å². The zero-order chi connectivity index (χ0) is 12.5. The van der Waals surface area contributed by atoms with E-state index < -0.39 is 10.0 Å². The van der Waals surface area contributed by atoms with E-state index in [-0.39, 0.29) is 11.1 Å². The number of aromatic nitrogens is 1. The first-order valence-corrected chi connectivity index (χ1v) is 6.70. The van der Waals surface area contributed by atoms with Crippen molar-refractivity contribution in [2.45, 2.75) is 4.90 Å². The molecule has 0 unspecified atom stereocenters. The van der Waals surface area contributed by atoms with Crippen LogP contribution >= 0.6 is 11.3 Å². The third kappa shape index (κ3) is 2.57. The lowest BCUT2D eigenvalue weighted by atomic mass is 10.3. The van der Waals surface area contributed by atoms with E-state index in [1.54, 1.807) is 17.5 Å². The minimum atomic E-state index is -3.66. The van der Waals surface area contributed by atoms with E-state index in [1.807, 2.05) is 0 Å². The lowest BCUT2D eigenvalue weighted by molar-refractivity contribution is 0.598. The number of primary sulfonamides is 1. The number of sulfonamides is 1. The van der Waals surface area contributed by atoms with Gasteiger partial charge in [0.25, 0.3) is 0 Å². The summed E-state index contributed by atoms with van der Waals surface area (Å²) >= 11 is 1.30. The highest BCUT2D eigenvalue weighted by Gasteiger charge is 2.06. The number of thiazole rings is 1. The normalized spacial score (nSPS) is 12.2. The van der Waals surface area contributed by atoms with Crippen LogP contribution in [0.25, 0.3) is 0 Å². The predicted molar refractivity (Wildman–Crippen MR) is 63.2 cm³/mol. The Hall–Kier alpha value is -1.44. The molecule has 7 heteroatoms. The van der Waals surface area contributed by atoms with Crippen molar-refractivity contribution in [2.24, 2.45) is 5.14 Å². The van der Waals surface area contributed by atoms with Crippen molar-refractivity contribution in [3.8, 4) is 0 Å². The molecular formula is C9H9N3O2S2. The first-order chi connectivity index (χ1) is 7.95. The fraction of sp³-hybridized carbons (Fsp3) is 0. The maximum absolute atomic E-state index is 11.0. The predicted octanol–water partition coefficient (Wildman–Crippen LogP) is 1.53. The van der Waals surface area contributed by atoms with E-state index in [9.17, 15) is 8.42 Å². The van der Waals surface area contributed by atoms with Gasteiger partial charge in [0.2, 0.25) is 10.0 Å². The number of nitrogens with one attached hydrogen (secondary N) is 1. The fourth-order valence-electron chi connectivity index (χ4n) is 1.10. The Morgan fingerprint density at radius 2 is 2.06 bits per heavy atom. The quantitative estimate of drug-likeness (QED) is 0.872. The summed E-state index contributed by atoms with van der Waals surface area (Å²) < 4.78 is 29.3. The standard InChI is InChI=1S/C9H9N3O2S2/c10-16(13,14)8-3-1-7(2-4-8)12-9-11-5-6-15-9/h1-6H,(H,11,12)(H2,10,13,14)/i5D. The number of nitrogens with zero attached hydrogens (tertiary/aromatic N) is 1. The molecule has 0 saturated heterocycles. The van der Waals surface area contributed by atoms with Crippen LogP contribution < -0.4 is 10.5 Å². The maximum Gasteiger partial charge on any atom is 0.238 e. The Labute approximate surface area is 98.4 Å². The van der Waals surface area contributed by atoms with Crippen LogP contribution in [0.2, 0.25) is 0 Å². The van der Waals surface area contributed by atoms with Gasteiger partial charge >= 0.3 is 0 Å². The summed E-state index contributed by atoms with van der Waals surface area (Å²) in [5.41, 5.74) is 0.687. The van der Waals surface area contributed by atoms with Gasteiger partial charge in [0.05, 0.1) is 6.27 Å². The zero-order valence-corrected chi connectivity index (χ0v) is 9.68. The molecule has 0 radical (unpaired) electrons. The molecule has 1 aromatic heterocycles. The molecule has 2 aromatic rings. The average Bonchev–Trinajstić information content (AvgIpc) is 2.63. The van der Waals surface area contributed by atoms with Gasteiger partial charge in [-0.15, -0.1) is 11.3 Å². The summed E-state index contributed by atoms with van der Waals surface area (Å²) in [6.45, 7) is 0. The smallest absolute Gasteiger partial charge is 0.238 e. The third-order valence-electron chi connectivity index (χ3n) is 1.82. The number of benzene rings is 1. The highest BCUT2D eigenvalue weighted by atomic mass is 32.2. The third-order valence-corrected chi connectivity index (χ3v) is 3.39. The molecule has 3 N–H and O–H groups in total. The second-order valence-corrected chi connectivity index (χ2v) is 5.40. The van der Waals surface area contributed by atoms with Crippen molar-refractivity contribution < 1.29 is 9.79 Å². The van der Waals surface area contributed by atoms with Gasteiger partial charge in [-0.05, 0) is 24.3 Å². The monoisotopic (exact) mass is 256 g/mol. The second-order valence-electron chi connectivity index (χ2n) is 2.98. The van der Waals surface area contributed by atoms with Crippen molar-refractivity contribution >= 4 is 32.2 Å². The van der Waals surface area contributed by atoms with Crippen LogP contribution in [0.5, 0.6) is 0 Å². The Morgan fingerprint density at radius 1 is 1.38 bits per heavy atom. The molecule has 2 rings (SSSR count). The van der Waals surface area contributed by atoms with E-state index in [1.165, 1.54) is 23.5 Å². The topological polar surface area (TPSA) is 85.1 Å². The van der Waals surface area contributed by atoms with Gasteiger partial charge in [-0.2, -0.15) is 0 Å². The van der Waals surface area contributed by atoms with Gasteiger partial charge < -0.3 is 5.32 Å². The Bertz CT molecular complexity index is 622. The second kappa shape index (κ2) is 4.20. The van der Waals surface area contributed by atoms with Crippen molar-refractivity contribution in [3.05, 3.63) is 35.8 Å². The van der Waals surface area contributed by atoms with Crippen LogP contribution in [0, 0.1) is 0 Å². The minimum absolute atomic E-state index is 0.0587. The molecule has 1 aromatic carbocycles. The van der Waals surface area contributed by atoms with Crippen LogP contribution in [-0.2, 0) is 10.0 Å². The van der Waals surface area contributed by atoms with Gasteiger partial charge in [0.15, 0.2) is 5.13 Å².